The molecule has 0 saturated carbocycles. The second kappa shape index (κ2) is 7.07. The van der Waals surface area contributed by atoms with E-state index in [9.17, 15) is 23.9 Å². The first-order valence-corrected chi connectivity index (χ1v) is 9.10. The number of amides is 2. The van der Waals surface area contributed by atoms with Gasteiger partial charge in [0, 0.05) is 31.1 Å². The second-order valence-corrected chi connectivity index (χ2v) is 7.24. The van der Waals surface area contributed by atoms with Gasteiger partial charge in [0.05, 0.1) is 11.8 Å². The zero-order chi connectivity index (χ0) is 19.8. The molecule has 144 valence electrons. The maximum atomic E-state index is 13.5. The Bertz CT molecular complexity index is 947. The van der Waals surface area contributed by atoms with Crippen LogP contribution in [0.15, 0.2) is 48.5 Å². The third-order valence-electron chi connectivity index (χ3n) is 5.53. The lowest BCUT2D eigenvalue weighted by Crippen LogP contribution is -2.38. The van der Waals surface area contributed by atoms with Gasteiger partial charge in [0.25, 0.3) is 0 Å². The molecule has 2 aliphatic rings. The molecular weight excluding hydrogens is 363 g/mol. The van der Waals surface area contributed by atoms with Crippen molar-refractivity contribution in [3.63, 3.8) is 0 Å². The summed E-state index contributed by atoms with van der Waals surface area (Å²) >= 11 is 0. The lowest BCUT2D eigenvalue weighted by molar-refractivity contribution is -0.142. The van der Waals surface area contributed by atoms with Crippen LogP contribution in [-0.2, 0) is 14.4 Å². The van der Waals surface area contributed by atoms with Crippen LogP contribution in [0.3, 0.4) is 0 Å². The number of carbonyl (C=O) groups excluding carboxylic acids is 2. The van der Waals surface area contributed by atoms with E-state index in [0.717, 1.165) is 5.56 Å². The normalized spacial score (nSPS) is 23.8. The minimum Gasteiger partial charge on any atom is -0.481 e. The number of nitrogens with one attached hydrogen (secondary N) is 1. The van der Waals surface area contributed by atoms with Gasteiger partial charge in [0.2, 0.25) is 11.8 Å². The van der Waals surface area contributed by atoms with Crippen molar-refractivity contribution in [3.05, 3.63) is 65.5 Å². The highest BCUT2D eigenvalue weighted by Crippen LogP contribution is 2.38. The maximum Gasteiger partial charge on any atom is 0.308 e. The van der Waals surface area contributed by atoms with Crippen molar-refractivity contribution in [2.24, 2.45) is 5.92 Å². The van der Waals surface area contributed by atoms with Gasteiger partial charge in [-0.15, -0.1) is 0 Å². The van der Waals surface area contributed by atoms with E-state index < -0.39 is 23.6 Å². The lowest BCUT2D eigenvalue weighted by Gasteiger charge is -2.28. The number of halogens is 1. The predicted octanol–water partition coefficient (Wildman–Crippen LogP) is 2.58. The van der Waals surface area contributed by atoms with Crippen molar-refractivity contribution in [2.45, 2.75) is 18.3 Å². The van der Waals surface area contributed by atoms with Gasteiger partial charge in [-0.1, -0.05) is 36.4 Å². The van der Waals surface area contributed by atoms with Gasteiger partial charge in [-0.3, -0.25) is 14.4 Å². The molecule has 1 fully saturated rings. The van der Waals surface area contributed by atoms with Gasteiger partial charge < -0.3 is 15.3 Å². The number of rotatable bonds is 3. The molecule has 2 amide bonds. The van der Waals surface area contributed by atoms with Crippen LogP contribution in [0.5, 0.6) is 0 Å². The Morgan fingerprint density at radius 1 is 1.11 bits per heavy atom. The van der Waals surface area contributed by atoms with E-state index in [2.05, 4.69) is 5.32 Å². The minimum atomic E-state index is -0.951. The first-order valence-electron chi connectivity index (χ1n) is 9.10. The molecule has 2 heterocycles. The number of benzene rings is 2. The van der Waals surface area contributed by atoms with E-state index in [-0.39, 0.29) is 37.2 Å². The highest BCUT2D eigenvalue weighted by molar-refractivity contribution is 6.01. The number of nitrogens with zero attached hydrogens (tertiary/aromatic N) is 1. The predicted molar refractivity (Wildman–Crippen MR) is 99.3 cm³/mol. The van der Waals surface area contributed by atoms with Gasteiger partial charge in [0.1, 0.15) is 5.82 Å². The van der Waals surface area contributed by atoms with Gasteiger partial charge >= 0.3 is 5.97 Å². The Kier molecular flexibility index (Phi) is 4.58. The highest BCUT2D eigenvalue weighted by Gasteiger charge is 2.43. The van der Waals surface area contributed by atoms with E-state index >= 15 is 0 Å². The number of carboxylic acids is 1. The summed E-state index contributed by atoms with van der Waals surface area (Å²) in [6.45, 7) is 0.358. The summed E-state index contributed by atoms with van der Waals surface area (Å²) in [5, 5.41) is 12.2. The zero-order valence-electron chi connectivity index (χ0n) is 15.0. The maximum absolute atomic E-state index is 13.5. The zero-order valence-corrected chi connectivity index (χ0v) is 15.0. The van der Waals surface area contributed by atoms with Crippen molar-refractivity contribution in [2.75, 3.05) is 18.4 Å². The van der Waals surface area contributed by atoms with Crippen LogP contribution in [0, 0.1) is 11.7 Å². The van der Waals surface area contributed by atoms with Crippen LogP contribution in [0.1, 0.15) is 29.4 Å². The van der Waals surface area contributed by atoms with Crippen molar-refractivity contribution in [1.29, 1.82) is 0 Å². The molecule has 7 heteroatoms. The highest BCUT2D eigenvalue weighted by atomic mass is 19.1. The molecule has 0 spiro atoms. The molecule has 1 unspecified atom stereocenters. The standard InChI is InChI=1S/C21H19FN2O4/c22-13-6-7-14-15(9-19(25)23-18(14)8-13)20(26)24-10-16(17(11-24)21(27)28)12-4-2-1-3-5-12/h1-8,15-17H,9-11H2,(H,23,25)(H,27,28)/t15?,16-,17-/m1/s1. The molecule has 0 aromatic heterocycles. The number of likely N-dealkylation sites (tertiary alicyclic amines) is 1. The van der Waals surface area contributed by atoms with Gasteiger partial charge in [-0.05, 0) is 23.3 Å². The van der Waals surface area contributed by atoms with Crippen LogP contribution in [0.2, 0.25) is 0 Å². The summed E-state index contributed by atoms with van der Waals surface area (Å²) < 4.78 is 13.5. The van der Waals surface area contributed by atoms with Gasteiger partial charge in [-0.25, -0.2) is 4.39 Å². The first kappa shape index (κ1) is 18.2. The summed E-state index contributed by atoms with van der Waals surface area (Å²) in [6.07, 6.45) is -0.0400. The second-order valence-electron chi connectivity index (χ2n) is 7.24. The van der Waals surface area contributed by atoms with E-state index in [4.69, 9.17) is 0 Å². The van der Waals surface area contributed by atoms with E-state index in [1.807, 2.05) is 30.3 Å². The molecule has 2 aromatic carbocycles. The van der Waals surface area contributed by atoms with E-state index in [1.54, 1.807) is 0 Å². The molecule has 2 N–H and O–H groups in total. The summed E-state index contributed by atoms with van der Waals surface area (Å²) in [7, 11) is 0. The van der Waals surface area contributed by atoms with Crippen LogP contribution >= 0.6 is 0 Å². The Hall–Kier alpha value is -3.22. The molecule has 1 saturated heterocycles. The molecule has 4 rings (SSSR count). The average molecular weight is 382 g/mol. The summed E-state index contributed by atoms with van der Waals surface area (Å²) in [4.78, 5) is 38.5. The fourth-order valence-corrected chi connectivity index (χ4v) is 4.15. The molecule has 0 bridgehead atoms. The van der Waals surface area contributed by atoms with Gasteiger partial charge in [0.15, 0.2) is 0 Å². The number of anilines is 1. The van der Waals surface area contributed by atoms with Crippen molar-refractivity contribution in [1.82, 2.24) is 4.90 Å². The fraction of sp³-hybridized carbons (Fsp3) is 0.286. The molecular formula is C21H19FN2O4. The Balaban J connectivity index is 1.62. The molecule has 6 nitrogen and oxygen atoms in total. The summed E-state index contributed by atoms with van der Waals surface area (Å²) in [6, 6.07) is 13.2. The molecule has 2 aliphatic heterocycles. The lowest BCUT2D eigenvalue weighted by atomic mass is 9.89. The molecule has 3 atom stereocenters. The number of carboxylic acid groups (broad SMARTS) is 1. The molecule has 0 aliphatic carbocycles. The van der Waals surface area contributed by atoms with Crippen LogP contribution < -0.4 is 5.32 Å². The molecule has 2 aromatic rings. The van der Waals surface area contributed by atoms with Crippen molar-refractivity contribution < 1.29 is 23.9 Å². The van der Waals surface area contributed by atoms with E-state index in [1.165, 1.54) is 23.1 Å². The van der Waals surface area contributed by atoms with Crippen LogP contribution in [0.25, 0.3) is 0 Å². The van der Waals surface area contributed by atoms with Crippen LogP contribution in [0.4, 0.5) is 10.1 Å². The minimum absolute atomic E-state index is 0.0400. The smallest absolute Gasteiger partial charge is 0.308 e. The molecule has 0 radical (unpaired) electrons. The fourth-order valence-electron chi connectivity index (χ4n) is 4.15. The SMILES string of the molecule is O=C1CC(C(=O)N2C[C@H](c3ccccc3)[C@H](C(=O)O)C2)c2ccc(F)cc2N1. The number of aliphatic carboxylic acids is 1. The number of carbonyl (C=O) groups is 3. The Labute approximate surface area is 161 Å². The first-order chi connectivity index (χ1) is 13.4. The van der Waals surface area contributed by atoms with E-state index in [0.29, 0.717) is 11.3 Å². The number of fused-ring (bicyclic) bond motifs is 1. The summed E-state index contributed by atoms with van der Waals surface area (Å²) in [5.74, 6) is -3.87. The number of hydrogen-bond acceptors (Lipinski definition) is 3. The Morgan fingerprint density at radius 2 is 1.86 bits per heavy atom. The quantitative estimate of drug-likeness (QED) is 0.854. The monoisotopic (exact) mass is 382 g/mol. The third-order valence-corrected chi connectivity index (χ3v) is 5.53. The van der Waals surface area contributed by atoms with Gasteiger partial charge in [-0.2, -0.15) is 0 Å². The van der Waals surface area contributed by atoms with Crippen LogP contribution in [-0.4, -0.2) is 40.9 Å². The largest absolute Gasteiger partial charge is 0.481 e. The average Bonchev–Trinajstić information content (AvgIpc) is 3.13. The molecule has 28 heavy (non-hydrogen) atoms. The topological polar surface area (TPSA) is 86.7 Å². The summed E-state index contributed by atoms with van der Waals surface area (Å²) in [5.41, 5.74) is 1.72. The van der Waals surface area contributed by atoms with Crippen molar-refractivity contribution in [3.8, 4) is 0 Å². The van der Waals surface area contributed by atoms with Crippen molar-refractivity contribution >= 4 is 23.5 Å². The third kappa shape index (κ3) is 3.24. The number of hydrogen-bond donors (Lipinski definition) is 2. The Morgan fingerprint density at radius 3 is 2.57 bits per heavy atom.